The molecular weight excluding hydrogens is 250 g/mol. The summed E-state index contributed by atoms with van der Waals surface area (Å²) >= 11 is 0. The molecule has 0 N–H and O–H groups in total. The standard InChI is InChI=1S/C17H23NO2/c1-13-7-17(12-20-13)10-18(11-17)8-15-4-2-3-14-5-6-19-9-16(14)15/h2-4,13H,5-12H2,1H3. The molecule has 20 heavy (non-hydrogen) atoms. The molecule has 0 saturated carbocycles. The summed E-state index contributed by atoms with van der Waals surface area (Å²) in [6.45, 7) is 8.29. The maximum atomic E-state index is 5.75. The second kappa shape index (κ2) is 4.83. The van der Waals surface area contributed by atoms with Gasteiger partial charge >= 0.3 is 0 Å². The zero-order chi connectivity index (χ0) is 13.6. The fourth-order valence-electron chi connectivity index (χ4n) is 4.13. The lowest BCUT2D eigenvalue weighted by Crippen LogP contribution is -2.56. The number of rotatable bonds is 2. The molecule has 3 aliphatic rings. The summed E-state index contributed by atoms with van der Waals surface area (Å²) in [6.07, 6.45) is 2.76. The maximum Gasteiger partial charge on any atom is 0.0722 e. The van der Waals surface area contributed by atoms with Crippen LogP contribution < -0.4 is 0 Å². The van der Waals surface area contributed by atoms with Gasteiger partial charge in [0.2, 0.25) is 0 Å². The third-order valence-corrected chi connectivity index (χ3v) is 5.04. The molecule has 0 aliphatic carbocycles. The van der Waals surface area contributed by atoms with Crippen LogP contribution in [0.1, 0.15) is 30.0 Å². The Morgan fingerprint density at radius 1 is 1.35 bits per heavy atom. The van der Waals surface area contributed by atoms with Crippen LogP contribution in [0.15, 0.2) is 18.2 Å². The number of benzene rings is 1. The number of nitrogens with zero attached hydrogens (tertiary/aromatic N) is 1. The van der Waals surface area contributed by atoms with Gasteiger partial charge in [0, 0.05) is 25.0 Å². The fraction of sp³-hybridized carbons (Fsp3) is 0.647. The highest BCUT2D eigenvalue weighted by molar-refractivity contribution is 5.36. The molecule has 3 aliphatic heterocycles. The Balaban J connectivity index is 1.44. The van der Waals surface area contributed by atoms with Crippen molar-refractivity contribution in [1.29, 1.82) is 0 Å². The lowest BCUT2D eigenvalue weighted by Gasteiger charge is -2.47. The van der Waals surface area contributed by atoms with Crippen LogP contribution in [0.3, 0.4) is 0 Å². The molecule has 1 spiro atoms. The molecular formula is C17H23NO2. The van der Waals surface area contributed by atoms with Crippen LogP contribution in [0.4, 0.5) is 0 Å². The summed E-state index contributed by atoms with van der Waals surface area (Å²) in [5.74, 6) is 0. The van der Waals surface area contributed by atoms with Gasteiger partial charge in [-0.2, -0.15) is 0 Å². The minimum Gasteiger partial charge on any atom is -0.378 e. The van der Waals surface area contributed by atoms with Crippen LogP contribution >= 0.6 is 0 Å². The van der Waals surface area contributed by atoms with Crippen molar-refractivity contribution in [2.45, 2.75) is 39.0 Å². The van der Waals surface area contributed by atoms with Gasteiger partial charge in [-0.05, 0) is 36.5 Å². The molecule has 0 aromatic heterocycles. The van der Waals surface area contributed by atoms with E-state index in [1.54, 1.807) is 0 Å². The number of fused-ring (bicyclic) bond motifs is 1. The largest absolute Gasteiger partial charge is 0.378 e. The number of likely N-dealkylation sites (tertiary alicyclic amines) is 1. The van der Waals surface area contributed by atoms with E-state index in [-0.39, 0.29) is 0 Å². The minimum absolute atomic E-state index is 0.454. The Morgan fingerprint density at radius 3 is 3.05 bits per heavy atom. The summed E-state index contributed by atoms with van der Waals surface area (Å²) in [4.78, 5) is 2.56. The fourth-order valence-corrected chi connectivity index (χ4v) is 4.13. The van der Waals surface area contributed by atoms with E-state index in [1.807, 2.05) is 0 Å². The summed E-state index contributed by atoms with van der Waals surface area (Å²) in [7, 11) is 0. The molecule has 108 valence electrons. The van der Waals surface area contributed by atoms with Gasteiger partial charge in [0.15, 0.2) is 0 Å². The van der Waals surface area contributed by atoms with E-state index in [2.05, 4.69) is 30.0 Å². The van der Waals surface area contributed by atoms with Crippen molar-refractivity contribution in [3.05, 3.63) is 34.9 Å². The first-order chi connectivity index (χ1) is 9.74. The Morgan fingerprint density at radius 2 is 2.25 bits per heavy atom. The van der Waals surface area contributed by atoms with Gasteiger partial charge < -0.3 is 9.47 Å². The average Bonchev–Trinajstić information content (AvgIpc) is 2.81. The van der Waals surface area contributed by atoms with Gasteiger partial charge in [-0.1, -0.05) is 18.2 Å². The number of hydrogen-bond donors (Lipinski definition) is 0. The van der Waals surface area contributed by atoms with E-state index in [1.165, 1.54) is 36.2 Å². The van der Waals surface area contributed by atoms with Crippen molar-refractivity contribution in [2.24, 2.45) is 5.41 Å². The van der Waals surface area contributed by atoms with Crippen molar-refractivity contribution < 1.29 is 9.47 Å². The highest BCUT2D eigenvalue weighted by Crippen LogP contribution is 2.41. The average molecular weight is 273 g/mol. The molecule has 4 rings (SSSR count). The first-order valence-electron chi connectivity index (χ1n) is 7.75. The Labute approximate surface area is 120 Å². The summed E-state index contributed by atoms with van der Waals surface area (Å²) in [5.41, 5.74) is 4.85. The molecule has 3 nitrogen and oxygen atoms in total. The quantitative estimate of drug-likeness (QED) is 0.826. The highest BCUT2D eigenvalue weighted by atomic mass is 16.5. The summed E-state index contributed by atoms with van der Waals surface area (Å²) in [5, 5.41) is 0. The predicted octanol–water partition coefficient (Wildman–Crippen LogP) is 2.37. The van der Waals surface area contributed by atoms with Gasteiger partial charge in [0.1, 0.15) is 0 Å². The normalized spacial score (nSPS) is 28.4. The van der Waals surface area contributed by atoms with E-state index in [0.29, 0.717) is 11.5 Å². The van der Waals surface area contributed by atoms with Crippen LogP contribution in [0.2, 0.25) is 0 Å². The molecule has 1 aromatic rings. The second-order valence-electron chi connectivity index (χ2n) is 6.83. The number of hydrogen-bond acceptors (Lipinski definition) is 3. The lowest BCUT2D eigenvalue weighted by atomic mass is 9.77. The minimum atomic E-state index is 0.454. The van der Waals surface area contributed by atoms with E-state index in [9.17, 15) is 0 Å². The molecule has 2 saturated heterocycles. The van der Waals surface area contributed by atoms with Gasteiger partial charge in [-0.3, -0.25) is 4.90 Å². The third-order valence-electron chi connectivity index (χ3n) is 5.04. The second-order valence-corrected chi connectivity index (χ2v) is 6.83. The molecule has 0 radical (unpaired) electrons. The molecule has 1 atom stereocenters. The molecule has 1 unspecified atom stereocenters. The van der Waals surface area contributed by atoms with Crippen molar-refractivity contribution in [3.63, 3.8) is 0 Å². The smallest absolute Gasteiger partial charge is 0.0722 e. The molecule has 2 fully saturated rings. The van der Waals surface area contributed by atoms with E-state index >= 15 is 0 Å². The Bertz CT molecular complexity index is 508. The van der Waals surface area contributed by atoms with E-state index in [0.717, 1.165) is 32.8 Å². The van der Waals surface area contributed by atoms with Gasteiger partial charge in [-0.25, -0.2) is 0 Å². The first-order valence-corrected chi connectivity index (χ1v) is 7.75. The topological polar surface area (TPSA) is 21.7 Å². The van der Waals surface area contributed by atoms with Crippen molar-refractivity contribution in [1.82, 2.24) is 4.90 Å². The zero-order valence-electron chi connectivity index (χ0n) is 12.2. The SMILES string of the molecule is CC1CC2(CO1)CN(Cc1cccc3c1COCC3)C2. The molecule has 0 amide bonds. The van der Waals surface area contributed by atoms with E-state index in [4.69, 9.17) is 9.47 Å². The summed E-state index contributed by atoms with van der Waals surface area (Å²) in [6, 6.07) is 6.73. The molecule has 3 heteroatoms. The van der Waals surface area contributed by atoms with Gasteiger partial charge in [-0.15, -0.1) is 0 Å². The Hall–Kier alpha value is -0.900. The van der Waals surface area contributed by atoms with Crippen LogP contribution in [0.5, 0.6) is 0 Å². The third kappa shape index (κ3) is 2.18. The van der Waals surface area contributed by atoms with Gasteiger partial charge in [0.05, 0.1) is 25.9 Å². The number of ether oxygens (including phenoxy) is 2. The van der Waals surface area contributed by atoms with Crippen molar-refractivity contribution in [2.75, 3.05) is 26.3 Å². The van der Waals surface area contributed by atoms with Crippen LogP contribution in [0, 0.1) is 5.41 Å². The summed E-state index contributed by atoms with van der Waals surface area (Å²) < 4.78 is 11.4. The molecule has 3 heterocycles. The highest BCUT2D eigenvalue weighted by Gasteiger charge is 2.47. The van der Waals surface area contributed by atoms with Crippen LogP contribution in [-0.4, -0.2) is 37.3 Å². The zero-order valence-corrected chi connectivity index (χ0v) is 12.2. The van der Waals surface area contributed by atoms with E-state index < -0.39 is 0 Å². The van der Waals surface area contributed by atoms with Crippen LogP contribution in [-0.2, 0) is 29.0 Å². The first kappa shape index (κ1) is 12.8. The van der Waals surface area contributed by atoms with Crippen LogP contribution in [0.25, 0.3) is 0 Å². The van der Waals surface area contributed by atoms with Crippen molar-refractivity contribution in [3.8, 4) is 0 Å². The monoisotopic (exact) mass is 273 g/mol. The lowest BCUT2D eigenvalue weighted by molar-refractivity contribution is -0.0142. The van der Waals surface area contributed by atoms with Gasteiger partial charge in [0.25, 0.3) is 0 Å². The maximum absolute atomic E-state index is 5.75. The van der Waals surface area contributed by atoms with Crippen molar-refractivity contribution >= 4 is 0 Å². The molecule has 1 aromatic carbocycles. The molecule has 0 bridgehead atoms. The predicted molar refractivity (Wildman–Crippen MR) is 77.5 cm³/mol. The Kier molecular flexibility index (Phi) is 3.09.